The molecule has 170 valence electrons. The number of nitrogens with zero attached hydrogens (tertiary/aromatic N) is 4. The van der Waals surface area contributed by atoms with E-state index in [1.165, 1.54) is 0 Å². The zero-order chi connectivity index (χ0) is 22.9. The van der Waals surface area contributed by atoms with Gasteiger partial charge in [0, 0.05) is 61.6 Å². The van der Waals surface area contributed by atoms with Crippen LogP contribution in [-0.2, 0) is 11.3 Å². The number of likely N-dealkylation sites (tertiary alicyclic amines) is 1. The van der Waals surface area contributed by atoms with Gasteiger partial charge in [-0.05, 0) is 43.0 Å². The molecule has 0 radical (unpaired) electrons. The monoisotopic (exact) mass is 445 g/mol. The number of aliphatic hydroxyl groups is 1. The number of nitrogens with two attached hydrogens (primary N) is 1. The number of amides is 1. The highest BCUT2D eigenvalue weighted by atomic mass is 16.5. The molecule has 1 aliphatic heterocycles. The third-order valence-electron chi connectivity index (χ3n) is 6.47. The molecule has 1 aromatic carbocycles. The summed E-state index contributed by atoms with van der Waals surface area (Å²) < 4.78 is 7.38. The predicted octanol–water partition coefficient (Wildman–Crippen LogP) is 2.04. The molecule has 1 aliphatic carbocycles. The van der Waals surface area contributed by atoms with Gasteiger partial charge in [-0.25, -0.2) is 4.98 Å². The van der Waals surface area contributed by atoms with E-state index in [-0.39, 0.29) is 5.91 Å². The lowest BCUT2D eigenvalue weighted by Crippen LogP contribution is -2.32. The van der Waals surface area contributed by atoms with Gasteiger partial charge in [-0.1, -0.05) is 17.0 Å². The fourth-order valence-corrected chi connectivity index (χ4v) is 4.63. The number of aliphatic hydroxyl groups excluding tert-OH is 1. The third-order valence-corrected chi connectivity index (χ3v) is 6.47. The molecule has 2 aromatic heterocycles. The van der Waals surface area contributed by atoms with Crippen molar-refractivity contribution in [3.05, 3.63) is 59.8 Å². The first-order chi connectivity index (χ1) is 16.0. The van der Waals surface area contributed by atoms with Crippen LogP contribution in [0.1, 0.15) is 36.5 Å². The van der Waals surface area contributed by atoms with Crippen LogP contribution in [-0.4, -0.2) is 50.3 Å². The molecule has 3 N–H and O–H groups in total. The maximum absolute atomic E-state index is 12.0. The van der Waals surface area contributed by atoms with E-state index in [1.54, 1.807) is 13.1 Å². The summed E-state index contributed by atoms with van der Waals surface area (Å²) in [6, 6.07) is 9.83. The number of hydrogen-bond donors (Lipinski definition) is 2. The Morgan fingerprint density at radius 1 is 1.30 bits per heavy atom. The van der Waals surface area contributed by atoms with Crippen LogP contribution in [0.4, 0.5) is 0 Å². The second-order valence-corrected chi connectivity index (χ2v) is 8.81. The largest absolute Gasteiger partial charge is 0.385 e. The second-order valence-electron chi connectivity index (χ2n) is 8.81. The van der Waals surface area contributed by atoms with Gasteiger partial charge < -0.3 is 24.8 Å². The van der Waals surface area contributed by atoms with Gasteiger partial charge in [0.25, 0.3) is 0 Å². The summed E-state index contributed by atoms with van der Waals surface area (Å²) >= 11 is 0. The number of benzene rings is 1. The van der Waals surface area contributed by atoms with Gasteiger partial charge in [0.2, 0.25) is 5.91 Å². The Hall–Kier alpha value is -3.41. The Morgan fingerprint density at radius 3 is 2.76 bits per heavy atom. The van der Waals surface area contributed by atoms with Gasteiger partial charge in [-0.15, -0.1) is 0 Å². The average molecular weight is 446 g/mol. The highest BCUT2D eigenvalue weighted by Crippen LogP contribution is 2.51. The Morgan fingerprint density at radius 2 is 2.06 bits per heavy atom. The standard InChI is InChI=1S/C25H27N5O3/c1-16(31)25-27-10-11-29(25)13-19-12-23(33-28-19)18-5-2-17(3-6-18)4-7-20-21-14-30(15-22(20)21)24(32)8-9-26/h2-3,5-6,10-12,16,20-22,31H,8-9,13-15,26H2,1H3/t16-,20?,21-,22+/m0/s1. The van der Waals surface area contributed by atoms with Crippen LogP contribution >= 0.6 is 0 Å². The second kappa shape index (κ2) is 8.85. The molecule has 3 aromatic rings. The van der Waals surface area contributed by atoms with Gasteiger partial charge in [0.1, 0.15) is 17.6 Å². The Kier molecular flexibility index (Phi) is 5.75. The maximum atomic E-state index is 12.0. The first-order valence-electron chi connectivity index (χ1n) is 11.3. The molecule has 8 heteroatoms. The normalized spacial score (nSPS) is 21.9. The molecular weight excluding hydrogens is 418 g/mol. The molecule has 4 atom stereocenters. The van der Waals surface area contributed by atoms with Crippen molar-refractivity contribution in [1.29, 1.82) is 0 Å². The minimum atomic E-state index is -0.646. The minimum Gasteiger partial charge on any atom is -0.385 e. The highest BCUT2D eigenvalue weighted by molar-refractivity contribution is 5.77. The van der Waals surface area contributed by atoms with E-state index in [0.717, 1.165) is 29.9 Å². The lowest BCUT2D eigenvalue weighted by molar-refractivity contribution is -0.130. The van der Waals surface area contributed by atoms with Crippen LogP contribution in [0.2, 0.25) is 0 Å². The molecule has 1 amide bonds. The molecule has 0 spiro atoms. The Balaban J connectivity index is 1.18. The first kappa shape index (κ1) is 21.4. The topological polar surface area (TPSA) is 110 Å². The number of hydrogen-bond acceptors (Lipinski definition) is 6. The fourth-order valence-electron chi connectivity index (χ4n) is 4.63. The van der Waals surface area contributed by atoms with Crippen molar-refractivity contribution in [1.82, 2.24) is 19.6 Å². The Bertz CT molecular complexity index is 1190. The summed E-state index contributed by atoms with van der Waals surface area (Å²) in [6.07, 6.45) is 3.26. The van der Waals surface area contributed by atoms with Crippen molar-refractivity contribution in [2.75, 3.05) is 19.6 Å². The quantitative estimate of drug-likeness (QED) is 0.562. The number of fused-ring (bicyclic) bond motifs is 1. The van der Waals surface area contributed by atoms with Crippen LogP contribution in [0.3, 0.4) is 0 Å². The minimum absolute atomic E-state index is 0.163. The number of aromatic nitrogens is 3. The number of carbonyl (C=O) groups is 1. The molecule has 1 saturated heterocycles. The Labute approximate surface area is 192 Å². The molecule has 0 bridgehead atoms. The van der Waals surface area contributed by atoms with E-state index in [1.807, 2.05) is 46.0 Å². The van der Waals surface area contributed by atoms with Crippen LogP contribution in [0.25, 0.3) is 11.3 Å². The summed E-state index contributed by atoms with van der Waals surface area (Å²) in [5.74, 6) is 9.52. The van der Waals surface area contributed by atoms with E-state index in [0.29, 0.717) is 48.8 Å². The zero-order valence-electron chi connectivity index (χ0n) is 18.5. The van der Waals surface area contributed by atoms with Gasteiger partial charge in [-0.3, -0.25) is 4.79 Å². The molecule has 1 saturated carbocycles. The summed E-state index contributed by atoms with van der Waals surface area (Å²) in [6.45, 7) is 4.20. The van der Waals surface area contributed by atoms with Crippen LogP contribution in [0, 0.1) is 29.6 Å². The summed E-state index contributed by atoms with van der Waals surface area (Å²) in [5, 5.41) is 14.0. The van der Waals surface area contributed by atoms with E-state index in [4.69, 9.17) is 10.3 Å². The van der Waals surface area contributed by atoms with Crippen molar-refractivity contribution in [2.24, 2.45) is 23.5 Å². The van der Waals surface area contributed by atoms with E-state index in [9.17, 15) is 9.90 Å². The van der Waals surface area contributed by atoms with Gasteiger partial charge in [0.05, 0.1) is 6.54 Å². The summed E-state index contributed by atoms with van der Waals surface area (Å²) in [4.78, 5) is 18.1. The molecule has 2 aliphatic rings. The highest BCUT2D eigenvalue weighted by Gasteiger charge is 2.55. The van der Waals surface area contributed by atoms with Gasteiger partial charge in [-0.2, -0.15) is 0 Å². The van der Waals surface area contributed by atoms with Gasteiger partial charge in [0.15, 0.2) is 5.76 Å². The van der Waals surface area contributed by atoms with Crippen molar-refractivity contribution >= 4 is 5.91 Å². The number of imidazole rings is 1. The van der Waals surface area contributed by atoms with Crippen LogP contribution < -0.4 is 5.73 Å². The molecule has 33 heavy (non-hydrogen) atoms. The first-order valence-corrected chi connectivity index (χ1v) is 11.3. The predicted molar refractivity (Wildman–Crippen MR) is 122 cm³/mol. The van der Waals surface area contributed by atoms with Crippen molar-refractivity contribution < 1.29 is 14.4 Å². The molecule has 2 fully saturated rings. The molecule has 1 unspecified atom stereocenters. The SMILES string of the molecule is C[C@H](O)c1nccn1Cc1cc(-c2ccc(C#CC3[C@H]4CN(C(=O)CCN)C[C@@H]34)cc2)on1. The number of piperidine rings is 1. The number of carbonyl (C=O) groups excluding carboxylic acids is 1. The summed E-state index contributed by atoms with van der Waals surface area (Å²) in [7, 11) is 0. The smallest absolute Gasteiger partial charge is 0.223 e. The lowest BCUT2D eigenvalue weighted by Gasteiger charge is -2.18. The molecule has 3 heterocycles. The zero-order valence-corrected chi connectivity index (χ0v) is 18.5. The van der Waals surface area contributed by atoms with E-state index in [2.05, 4.69) is 22.0 Å². The van der Waals surface area contributed by atoms with Crippen molar-refractivity contribution in [2.45, 2.75) is 26.0 Å². The van der Waals surface area contributed by atoms with E-state index >= 15 is 0 Å². The average Bonchev–Trinajstić information content (AvgIpc) is 3.30. The maximum Gasteiger partial charge on any atom is 0.223 e. The van der Waals surface area contributed by atoms with Crippen molar-refractivity contribution in [3.63, 3.8) is 0 Å². The fraction of sp³-hybridized carbons (Fsp3) is 0.400. The van der Waals surface area contributed by atoms with Crippen molar-refractivity contribution in [3.8, 4) is 23.2 Å². The van der Waals surface area contributed by atoms with Crippen LogP contribution in [0.15, 0.2) is 47.2 Å². The summed E-state index contributed by atoms with van der Waals surface area (Å²) in [5.41, 5.74) is 8.13. The lowest BCUT2D eigenvalue weighted by atomic mass is 10.1. The number of rotatable bonds is 6. The molecule has 8 nitrogen and oxygen atoms in total. The van der Waals surface area contributed by atoms with Gasteiger partial charge >= 0.3 is 0 Å². The molecular formula is C25H27N5O3. The van der Waals surface area contributed by atoms with Crippen LogP contribution in [0.5, 0.6) is 0 Å². The van der Waals surface area contributed by atoms with E-state index < -0.39 is 6.10 Å². The third kappa shape index (κ3) is 4.42. The molecule has 5 rings (SSSR count).